The molecule has 21 heavy (non-hydrogen) atoms. The van der Waals surface area contributed by atoms with Gasteiger partial charge < -0.3 is 5.32 Å². The van der Waals surface area contributed by atoms with Crippen molar-refractivity contribution in [1.29, 1.82) is 0 Å². The maximum atomic E-state index is 11.3. The van der Waals surface area contributed by atoms with E-state index in [1.165, 1.54) is 44.1 Å². The number of hydrogen-bond donors (Lipinski definition) is 1. The van der Waals surface area contributed by atoms with Crippen LogP contribution in [0.15, 0.2) is 24.3 Å². The van der Waals surface area contributed by atoms with Gasteiger partial charge in [-0.05, 0) is 68.8 Å². The van der Waals surface area contributed by atoms with E-state index in [1.54, 1.807) is 6.92 Å². The van der Waals surface area contributed by atoms with E-state index < -0.39 is 0 Å². The summed E-state index contributed by atoms with van der Waals surface area (Å²) in [5.74, 6) is 3.12. The van der Waals surface area contributed by atoms with Crippen LogP contribution >= 0.6 is 0 Å². The van der Waals surface area contributed by atoms with Crippen LogP contribution in [0.1, 0.15) is 61.4 Å². The number of benzene rings is 1. The lowest BCUT2D eigenvalue weighted by Gasteiger charge is -2.57. The summed E-state index contributed by atoms with van der Waals surface area (Å²) in [5.41, 5.74) is 2.54. The molecule has 0 saturated heterocycles. The first-order chi connectivity index (χ1) is 10.1. The monoisotopic (exact) mass is 283 g/mol. The Morgan fingerprint density at radius 1 is 1.05 bits per heavy atom. The van der Waals surface area contributed by atoms with E-state index in [1.807, 2.05) is 12.1 Å². The van der Waals surface area contributed by atoms with Crippen molar-refractivity contribution in [2.45, 2.75) is 57.5 Å². The molecule has 0 aliphatic heterocycles. The first kappa shape index (κ1) is 13.5. The average molecular weight is 283 g/mol. The van der Waals surface area contributed by atoms with Gasteiger partial charge in [0.1, 0.15) is 0 Å². The lowest BCUT2D eigenvalue weighted by Crippen LogP contribution is -2.58. The second-order valence-corrected chi connectivity index (χ2v) is 7.80. The number of rotatable bonds is 4. The van der Waals surface area contributed by atoms with Crippen molar-refractivity contribution < 1.29 is 4.79 Å². The van der Waals surface area contributed by atoms with E-state index in [0.717, 1.165) is 29.9 Å². The lowest BCUT2D eigenvalue weighted by atomic mass is 9.53. The molecular formula is C19H25NO. The normalized spacial score (nSPS) is 36.9. The minimum Gasteiger partial charge on any atom is -0.307 e. The van der Waals surface area contributed by atoms with Crippen molar-refractivity contribution in [1.82, 2.24) is 5.32 Å². The average Bonchev–Trinajstić information content (AvgIpc) is 2.44. The smallest absolute Gasteiger partial charge is 0.159 e. The topological polar surface area (TPSA) is 29.1 Å². The van der Waals surface area contributed by atoms with Crippen LogP contribution < -0.4 is 5.32 Å². The Morgan fingerprint density at radius 3 is 2.05 bits per heavy atom. The minimum atomic E-state index is 0.149. The van der Waals surface area contributed by atoms with Gasteiger partial charge in [0.2, 0.25) is 0 Å². The summed E-state index contributed by atoms with van der Waals surface area (Å²) < 4.78 is 0. The van der Waals surface area contributed by atoms with Gasteiger partial charge in [-0.3, -0.25) is 4.79 Å². The minimum absolute atomic E-state index is 0.149. The second kappa shape index (κ2) is 4.95. The van der Waals surface area contributed by atoms with Gasteiger partial charge in [-0.15, -0.1) is 0 Å². The van der Waals surface area contributed by atoms with Crippen LogP contribution in [0, 0.1) is 17.8 Å². The Morgan fingerprint density at radius 2 is 1.57 bits per heavy atom. The number of carbonyl (C=O) groups excluding carboxylic acids is 1. The third kappa shape index (κ3) is 2.55. The summed E-state index contributed by atoms with van der Waals surface area (Å²) in [4.78, 5) is 11.3. The van der Waals surface area contributed by atoms with E-state index in [4.69, 9.17) is 0 Å². The quantitative estimate of drug-likeness (QED) is 0.848. The highest BCUT2D eigenvalue weighted by Crippen LogP contribution is 2.55. The maximum absolute atomic E-state index is 11.3. The van der Waals surface area contributed by atoms with E-state index in [9.17, 15) is 4.79 Å². The van der Waals surface area contributed by atoms with Crippen LogP contribution in [0.25, 0.3) is 0 Å². The summed E-state index contributed by atoms with van der Waals surface area (Å²) in [6.07, 6.45) is 8.66. The first-order valence-corrected chi connectivity index (χ1v) is 8.47. The molecule has 0 unspecified atom stereocenters. The highest BCUT2D eigenvalue weighted by molar-refractivity contribution is 5.93. The van der Waals surface area contributed by atoms with Crippen molar-refractivity contribution in [3.05, 3.63) is 35.4 Å². The molecule has 0 atom stereocenters. The Kier molecular flexibility index (Phi) is 3.18. The molecule has 0 spiro atoms. The molecule has 0 heterocycles. The molecule has 4 fully saturated rings. The SMILES string of the molecule is CC(=O)c1ccc(CNC23CC4CC(CC(C4)C2)C3)cc1. The summed E-state index contributed by atoms with van der Waals surface area (Å²) in [5, 5.41) is 3.91. The van der Waals surface area contributed by atoms with Crippen LogP contribution in [0.2, 0.25) is 0 Å². The molecule has 112 valence electrons. The van der Waals surface area contributed by atoms with Gasteiger partial charge in [-0.1, -0.05) is 24.3 Å². The van der Waals surface area contributed by atoms with Crippen molar-refractivity contribution in [2.24, 2.45) is 17.8 Å². The predicted octanol–water partition coefficient (Wildman–Crippen LogP) is 3.95. The van der Waals surface area contributed by atoms with Gasteiger partial charge in [0, 0.05) is 17.6 Å². The Bertz CT molecular complexity index is 510. The number of Topliss-reactive ketones (excluding diaryl/α,β-unsaturated/α-hetero) is 1. The van der Waals surface area contributed by atoms with Gasteiger partial charge in [-0.2, -0.15) is 0 Å². The summed E-state index contributed by atoms with van der Waals surface area (Å²) in [6, 6.07) is 8.12. The van der Waals surface area contributed by atoms with Crippen LogP contribution in [-0.4, -0.2) is 11.3 Å². The predicted molar refractivity (Wildman–Crippen MR) is 84.2 cm³/mol. The fourth-order valence-electron chi connectivity index (χ4n) is 5.47. The van der Waals surface area contributed by atoms with E-state index in [0.29, 0.717) is 5.54 Å². The van der Waals surface area contributed by atoms with E-state index >= 15 is 0 Å². The number of nitrogens with one attached hydrogen (secondary N) is 1. The molecule has 4 saturated carbocycles. The Hall–Kier alpha value is -1.15. The molecule has 0 amide bonds. The fraction of sp³-hybridized carbons (Fsp3) is 0.632. The fourth-order valence-corrected chi connectivity index (χ4v) is 5.47. The molecule has 4 aliphatic carbocycles. The molecule has 2 heteroatoms. The van der Waals surface area contributed by atoms with Crippen molar-refractivity contribution in [3.8, 4) is 0 Å². The third-order valence-corrected chi connectivity index (χ3v) is 6.07. The first-order valence-electron chi connectivity index (χ1n) is 8.47. The molecule has 4 aliphatic rings. The summed E-state index contributed by atoms with van der Waals surface area (Å²) in [7, 11) is 0. The molecule has 0 aromatic heterocycles. The highest BCUT2D eigenvalue weighted by atomic mass is 16.1. The number of carbonyl (C=O) groups is 1. The molecule has 4 bridgehead atoms. The molecule has 1 aromatic carbocycles. The maximum Gasteiger partial charge on any atom is 0.159 e. The second-order valence-electron chi connectivity index (χ2n) is 7.80. The van der Waals surface area contributed by atoms with Crippen molar-refractivity contribution >= 4 is 5.78 Å². The van der Waals surface area contributed by atoms with Gasteiger partial charge in [0.15, 0.2) is 5.78 Å². The van der Waals surface area contributed by atoms with Crippen LogP contribution in [-0.2, 0) is 6.54 Å². The number of hydrogen-bond acceptors (Lipinski definition) is 2. The van der Waals surface area contributed by atoms with Gasteiger partial charge in [0.05, 0.1) is 0 Å². The summed E-state index contributed by atoms with van der Waals surface area (Å²) >= 11 is 0. The molecular weight excluding hydrogens is 258 g/mol. The molecule has 1 N–H and O–H groups in total. The van der Waals surface area contributed by atoms with Gasteiger partial charge in [0.25, 0.3) is 0 Å². The van der Waals surface area contributed by atoms with E-state index in [2.05, 4.69) is 17.4 Å². The summed E-state index contributed by atoms with van der Waals surface area (Å²) in [6.45, 7) is 2.58. The third-order valence-electron chi connectivity index (χ3n) is 6.07. The largest absolute Gasteiger partial charge is 0.307 e. The van der Waals surface area contributed by atoms with Crippen molar-refractivity contribution in [3.63, 3.8) is 0 Å². The molecule has 1 aromatic rings. The zero-order valence-electron chi connectivity index (χ0n) is 12.9. The Labute approximate surface area is 127 Å². The molecule has 5 rings (SSSR count). The van der Waals surface area contributed by atoms with Crippen molar-refractivity contribution in [2.75, 3.05) is 0 Å². The zero-order valence-corrected chi connectivity index (χ0v) is 12.9. The molecule has 0 radical (unpaired) electrons. The van der Waals surface area contributed by atoms with Crippen LogP contribution in [0.3, 0.4) is 0 Å². The van der Waals surface area contributed by atoms with E-state index in [-0.39, 0.29) is 5.78 Å². The van der Waals surface area contributed by atoms with Crippen LogP contribution in [0.5, 0.6) is 0 Å². The lowest BCUT2D eigenvalue weighted by molar-refractivity contribution is -0.0206. The zero-order chi connectivity index (χ0) is 14.4. The molecule has 2 nitrogen and oxygen atoms in total. The highest BCUT2D eigenvalue weighted by Gasteiger charge is 2.50. The Balaban J connectivity index is 1.43. The van der Waals surface area contributed by atoms with Gasteiger partial charge in [-0.25, -0.2) is 0 Å². The number of ketones is 1. The standard InChI is InChI=1S/C19H25NO/c1-13(21)18-4-2-14(3-5-18)12-20-19-9-15-6-16(10-19)8-17(7-15)11-19/h2-5,15-17,20H,6-12H2,1H3. The van der Waals surface area contributed by atoms with Gasteiger partial charge >= 0.3 is 0 Å². The van der Waals surface area contributed by atoms with Crippen LogP contribution in [0.4, 0.5) is 0 Å².